The molecule has 1 unspecified atom stereocenters. The molecule has 1 atom stereocenters. The third kappa shape index (κ3) is 4.66. The number of imidazole rings is 1. The average Bonchev–Trinajstić information content (AvgIpc) is 3.41. The number of nitrogens with one attached hydrogen (secondary N) is 1. The second kappa shape index (κ2) is 9.33. The van der Waals surface area contributed by atoms with Crippen LogP contribution in [0.3, 0.4) is 0 Å². The summed E-state index contributed by atoms with van der Waals surface area (Å²) in [5, 5.41) is 43.8. The Labute approximate surface area is 190 Å². The Morgan fingerprint density at radius 3 is 2.72 bits per heavy atom. The molecular weight excluding hydrogens is 432 g/mol. The Morgan fingerprint density at radius 2 is 2.06 bits per heavy atom. The van der Waals surface area contributed by atoms with Crippen LogP contribution in [0, 0.1) is 0 Å². The van der Waals surface area contributed by atoms with Gasteiger partial charge in [0.2, 0.25) is 5.82 Å². The van der Waals surface area contributed by atoms with Gasteiger partial charge in [-0.15, -0.1) is 10.2 Å². The van der Waals surface area contributed by atoms with Gasteiger partial charge in [-0.3, -0.25) is 0 Å². The van der Waals surface area contributed by atoms with Crippen LogP contribution in [0.25, 0.3) is 11.4 Å². The molecule has 0 bridgehead atoms. The minimum atomic E-state index is -3.07. The van der Waals surface area contributed by atoms with Gasteiger partial charge in [-0.2, -0.15) is 5.21 Å². The van der Waals surface area contributed by atoms with Gasteiger partial charge >= 0.3 is 5.97 Å². The number of allylic oxidation sites excluding steroid dienone is 4. The average molecular weight is 457 g/mol. The van der Waals surface area contributed by atoms with E-state index in [-0.39, 0.29) is 16.8 Å². The molecule has 2 aromatic heterocycles. The van der Waals surface area contributed by atoms with Gasteiger partial charge in [0.25, 0.3) is 0 Å². The summed E-state index contributed by atoms with van der Waals surface area (Å²) in [4.78, 5) is 4.26. The molecule has 0 fully saturated rings. The number of halogens is 1. The maximum atomic E-state index is 9.84. The maximum Gasteiger partial charge on any atom is 0.323 e. The monoisotopic (exact) mass is 456 g/mol. The van der Waals surface area contributed by atoms with E-state index >= 15 is 0 Å². The summed E-state index contributed by atoms with van der Waals surface area (Å²) in [5.41, 5.74) is 2.75. The Bertz CT molecular complexity index is 1130. The van der Waals surface area contributed by atoms with Gasteiger partial charge in [0, 0.05) is 24.4 Å². The first-order chi connectivity index (χ1) is 15.4. The van der Waals surface area contributed by atoms with E-state index in [9.17, 15) is 15.3 Å². The lowest BCUT2D eigenvalue weighted by Gasteiger charge is -2.22. The van der Waals surface area contributed by atoms with Crippen LogP contribution < -0.4 is 0 Å². The zero-order chi connectivity index (χ0) is 22.7. The van der Waals surface area contributed by atoms with Crippen molar-refractivity contribution in [1.82, 2.24) is 30.2 Å². The van der Waals surface area contributed by atoms with E-state index in [1.54, 1.807) is 4.57 Å². The topological polar surface area (TPSA) is 133 Å². The molecule has 9 nitrogen and oxygen atoms in total. The lowest BCUT2D eigenvalue weighted by atomic mass is 9.87. The summed E-state index contributed by atoms with van der Waals surface area (Å²) < 4.78 is 1.59. The summed E-state index contributed by atoms with van der Waals surface area (Å²) in [6, 6.07) is 7.94. The molecule has 1 aromatic carbocycles. The molecule has 0 aliphatic heterocycles. The Balaban J connectivity index is 1.58. The molecule has 0 saturated carbocycles. The number of aromatic amines is 1. The zero-order valence-electron chi connectivity index (χ0n) is 17.6. The predicted octanol–water partition coefficient (Wildman–Crippen LogP) is 2.82. The van der Waals surface area contributed by atoms with Crippen LogP contribution >= 0.6 is 11.6 Å². The van der Waals surface area contributed by atoms with Gasteiger partial charge in [-0.1, -0.05) is 67.4 Å². The van der Waals surface area contributed by atoms with Crippen molar-refractivity contribution in [3.8, 4) is 11.4 Å². The summed E-state index contributed by atoms with van der Waals surface area (Å²) in [6.45, 7) is 2.37. The van der Waals surface area contributed by atoms with Crippen molar-refractivity contribution in [2.24, 2.45) is 0 Å². The summed E-state index contributed by atoms with van der Waals surface area (Å²) in [7, 11) is 0. The first-order valence-electron chi connectivity index (χ1n) is 10.5. The van der Waals surface area contributed by atoms with Crippen LogP contribution in [0.4, 0.5) is 0 Å². The minimum absolute atomic E-state index is 0.115. The van der Waals surface area contributed by atoms with Crippen molar-refractivity contribution in [2.75, 3.05) is 0 Å². The number of unbranched alkanes of at least 4 members (excludes halogenated alkanes) is 1. The second-order valence-corrected chi connectivity index (χ2v) is 8.15. The van der Waals surface area contributed by atoms with E-state index in [0.29, 0.717) is 24.6 Å². The highest BCUT2D eigenvalue weighted by molar-refractivity contribution is 6.30. The molecule has 1 aliphatic rings. The van der Waals surface area contributed by atoms with Crippen LogP contribution in [0.1, 0.15) is 49.2 Å². The van der Waals surface area contributed by atoms with Crippen molar-refractivity contribution in [1.29, 1.82) is 0 Å². The number of nitrogens with zero attached hydrogens (tertiary/aromatic N) is 5. The first kappa shape index (κ1) is 22.3. The smallest absolute Gasteiger partial charge is 0.323 e. The number of H-pyrrole nitrogens is 1. The van der Waals surface area contributed by atoms with Crippen LogP contribution in [-0.4, -0.2) is 45.5 Å². The summed E-state index contributed by atoms with van der Waals surface area (Å²) >= 11 is 6.13. The van der Waals surface area contributed by atoms with Crippen LogP contribution in [0.2, 0.25) is 5.15 Å². The zero-order valence-corrected chi connectivity index (χ0v) is 18.4. The van der Waals surface area contributed by atoms with Crippen LogP contribution in [0.15, 0.2) is 48.1 Å². The van der Waals surface area contributed by atoms with Crippen molar-refractivity contribution in [3.05, 3.63) is 70.3 Å². The van der Waals surface area contributed by atoms with Crippen molar-refractivity contribution in [3.63, 3.8) is 0 Å². The predicted molar refractivity (Wildman–Crippen MR) is 118 cm³/mol. The van der Waals surface area contributed by atoms with Gasteiger partial charge in [0.15, 0.2) is 5.15 Å². The van der Waals surface area contributed by atoms with Crippen LogP contribution in [0.5, 0.6) is 0 Å². The molecule has 2 heterocycles. The first-order valence-corrected chi connectivity index (χ1v) is 10.9. The van der Waals surface area contributed by atoms with Gasteiger partial charge in [0.1, 0.15) is 11.5 Å². The number of aliphatic hydroxyl groups is 3. The SMILES string of the molecule is CCCCc1nc(Cl)c(C(O)(O)O)n1CC1=CCC(c2ccccc2-c2nn[nH]n2)C=C1. The number of tetrazole rings is 1. The standard InChI is InChI=1S/C22H25ClN6O3/c1-2-3-8-18-24-20(23)19(22(30,31)32)29(18)13-14-9-11-15(12-10-14)16-6-4-5-7-17(16)21-25-27-28-26-21/h4-7,9-11,15,30-32H,2-3,8,12-13H2,1H3,(H,25,26,27,28). The fourth-order valence-electron chi connectivity index (χ4n) is 3.98. The van der Waals surface area contributed by atoms with Crippen molar-refractivity contribution < 1.29 is 15.3 Å². The molecule has 32 heavy (non-hydrogen) atoms. The summed E-state index contributed by atoms with van der Waals surface area (Å²) in [6.07, 6.45) is 9.36. The quantitative estimate of drug-likeness (QED) is 0.383. The van der Waals surface area contributed by atoms with E-state index in [1.807, 2.05) is 30.3 Å². The number of rotatable bonds is 8. The molecule has 4 N–H and O–H groups in total. The molecule has 0 amide bonds. The molecule has 10 heteroatoms. The van der Waals surface area contributed by atoms with E-state index in [1.165, 1.54) is 0 Å². The number of hydrogen-bond acceptors (Lipinski definition) is 7. The van der Waals surface area contributed by atoms with Gasteiger partial charge in [0.05, 0.1) is 0 Å². The Kier molecular flexibility index (Phi) is 6.52. The van der Waals surface area contributed by atoms with Gasteiger partial charge < -0.3 is 19.9 Å². The maximum absolute atomic E-state index is 9.84. The third-order valence-corrected chi connectivity index (χ3v) is 5.80. The normalized spacial score (nSPS) is 16.4. The van der Waals surface area contributed by atoms with Gasteiger partial charge in [-0.05, 0) is 29.2 Å². The molecule has 168 valence electrons. The number of hydrogen-bond donors (Lipinski definition) is 4. The van der Waals surface area contributed by atoms with Gasteiger partial charge in [-0.25, -0.2) is 4.98 Å². The minimum Gasteiger partial charge on any atom is -0.338 e. The number of benzene rings is 1. The highest BCUT2D eigenvalue weighted by atomic mass is 35.5. The molecule has 1 aliphatic carbocycles. The van der Waals surface area contributed by atoms with Crippen LogP contribution in [-0.2, 0) is 18.9 Å². The van der Waals surface area contributed by atoms with E-state index in [4.69, 9.17) is 11.6 Å². The lowest BCUT2D eigenvalue weighted by Crippen LogP contribution is -2.29. The Hall–Kier alpha value is -2.85. The van der Waals surface area contributed by atoms with Crippen molar-refractivity contribution in [2.45, 2.75) is 51.0 Å². The fourth-order valence-corrected chi connectivity index (χ4v) is 4.30. The highest BCUT2D eigenvalue weighted by Gasteiger charge is 2.33. The van der Waals surface area contributed by atoms with E-state index in [0.717, 1.165) is 36.0 Å². The molecule has 3 aromatic rings. The fraction of sp³-hybridized carbons (Fsp3) is 0.364. The van der Waals surface area contributed by atoms with E-state index < -0.39 is 5.97 Å². The number of aryl methyl sites for hydroxylation is 1. The molecular formula is C22H25ClN6O3. The third-order valence-electron chi connectivity index (χ3n) is 5.54. The molecule has 4 rings (SSSR count). The molecule has 0 radical (unpaired) electrons. The van der Waals surface area contributed by atoms with Crippen molar-refractivity contribution >= 4 is 11.6 Å². The Morgan fingerprint density at radius 1 is 1.25 bits per heavy atom. The summed E-state index contributed by atoms with van der Waals surface area (Å²) in [5.74, 6) is -1.79. The highest BCUT2D eigenvalue weighted by Crippen LogP contribution is 2.34. The second-order valence-electron chi connectivity index (χ2n) is 7.80. The number of aromatic nitrogens is 6. The largest absolute Gasteiger partial charge is 0.338 e. The van der Waals surface area contributed by atoms with E-state index in [2.05, 4.69) is 44.7 Å². The lowest BCUT2D eigenvalue weighted by molar-refractivity contribution is -0.327. The molecule has 0 spiro atoms. The molecule has 0 saturated heterocycles.